The van der Waals surface area contributed by atoms with Gasteiger partial charge in [-0.3, -0.25) is 0 Å². The van der Waals surface area contributed by atoms with Gasteiger partial charge in [0, 0.05) is 25.0 Å². The molecule has 0 saturated heterocycles. The Morgan fingerprint density at radius 2 is 1.28 bits per heavy atom. The summed E-state index contributed by atoms with van der Waals surface area (Å²) in [6.45, 7) is 2.71. The van der Waals surface area contributed by atoms with E-state index < -0.39 is 42.5 Å². The quantitative estimate of drug-likeness (QED) is 0.195. The zero-order chi connectivity index (χ0) is 27.1. The number of ether oxygens (including phenoxy) is 4. The highest BCUT2D eigenvalue weighted by molar-refractivity contribution is 5.44. The molecular formula is C26H36O10. The minimum absolute atomic E-state index is 0.268. The summed E-state index contributed by atoms with van der Waals surface area (Å²) in [5.74, 6) is 1.58. The molecule has 2 rings (SSSR count). The molecule has 36 heavy (non-hydrogen) atoms. The van der Waals surface area contributed by atoms with Gasteiger partial charge in [0.05, 0.1) is 35.0 Å². The fourth-order valence-corrected chi connectivity index (χ4v) is 4.12. The van der Waals surface area contributed by atoms with Crippen LogP contribution in [-0.2, 0) is 12.8 Å². The van der Waals surface area contributed by atoms with Crippen LogP contribution < -0.4 is 18.9 Å². The van der Waals surface area contributed by atoms with Crippen LogP contribution >= 0.6 is 0 Å². The number of hydrogen-bond donors (Lipinski definition) is 6. The van der Waals surface area contributed by atoms with E-state index in [4.69, 9.17) is 18.9 Å². The summed E-state index contributed by atoms with van der Waals surface area (Å²) < 4.78 is 21.1. The van der Waals surface area contributed by atoms with Gasteiger partial charge >= 0.3 is 0 Å². The molecule has 0 aliphatic rings. The van der Waals surface area contributed by atoms with Crippen LogP contribution in [-0.4, -0.2) is 95.2 Å². The first-order chi connectivity index (χ1) is 17.0. The lowest BCUT2D eigenvalue weighted by molar-refractivity contribution is -0.218. The molecule has 0 bridgehead atoms. The van der Waals surface area contributed by atoms with Crippen molar-refractivity contribution in [3.63, 3.8) is 0 Å². The van der Waals surface area contributed by atoms with Gasteiger partial charge in [-0.25, -0.2) is 0 Å². The van der Waals surface area contributed by atoms with Crippen molar-refractivity contribution in [2.24, 2.45) is 0 Å². The van der Waals surface area contributed by atoms with Crippen LogP contribution in [0.1, 0.15) is 11.1 Å². The molecule has 10 nitrogen and oxygen atoms in total. The Kier molecular flexibility index (Phi) is 10.1. The molecular weight excluding hydrogens is 472 g/mol. The third kappa shape index (κ3) is 6.09. The van der Waals surface area contributed by atoms with Crippen molar-refractivity contribution in [1.82, 2.24) is 0 Å². The van der Waals surface area contributed by atoms with Crippen LogP contribution in [0.5, 0.6) is 23.0 Å². The molecule has 200 valence electrons. The second-order valence-corrected chi connectivity index (χ2v) is 8.49. The first-order valence-corrected chi connectivity index (χ1v) is 11.2. The molecule has 0 aliphatic heterocycles. The molecule has 2 aromatic rings. The lowest BCUT2D eigenvalue weighted by Gasteiger charge is -2.45. The van der Waals surface area contributed by atoms with Crippen LogP contribution in [0.15, 0.2) is 49.1 Å². The van der Waals surface area contributed by atoms with Crippen LogP contribution in [0.25, 0.3) is 0 Å². The van der Waals surface area contributed by atoms with E-state index in [0.717, 1.165) is 6.08 Å². The van der Waals surface area contributed by atoms with E-state index in [0.29, 0.717) is 28.4 Å². The monoisotopic (exact) mass is 508 g/mol. The zero-order valence-electron chi connectivity index (χ0n) is 20.9. The van der Waals surface area contributed by atoms with Crippen LogP contribution in [0, 0.1) is 0 Å². The van der Waals surface area contributed by atoms with Gasteiger partial charge in [0.1, 0.15) is 52.5 Å². The molecule has 2 aromatic carbocycles. The maximum absolute atomic E-state index is 11.7. The van der Waals surface area contributed by atoms with Crippen LogP contribution in [0.4, 0.5) is 0 Å². The molecule has 1 unspecified atom stereocenters. The molecule has 0 spiro atoms. The third-order valence-electron chi connectivity index (χ3n) is 6.30. The molecule has 0 aliphatic carbocycles. The SMILES string of the molecule is C=CC(O)(Cc1ccc(OC)cc1OC)[C@@H](O)[C@@](O)(Cc1ccc(OC)cc1OC)[C@H](O)[C@@H](O)CO. The highest BCUT2D eigenvalue weighted by Gasteiger charge is 2.53. The molecule has 0 radical (unpaired) electrons. The summed E-state index contributed by atoms with van der Waals surface area (Å²) >= 11 is 0. The van der Waals surface area contributed by atoms with Crippen LogP contribution in [0.2, 0.25) is 0 Å². The second-order valence-electron chi connectivity index (χ2n) is 8.49. The number of hydrogen-bond acceptors (Lipinski definition) is 10. The Labute approximate surface area is 210 Å². The van der Waals surface area contributed by atoms with Gasteiger partial charge in [-0.2, -0.15) is 0 Å². The van der Waals surface area contributed by atoms with Gasteiger partial charge in [-0.05, 0) is 23.3 Å². The van der Waals surface area contributed by atoms with Crippen molar-refractivity contribution < 1.29 is 49.6 Å². The van der Waals surface area contributed by atoms with Gasteiger partial charge in [-0.1, -0.05) is 18.2 Å². The summed E-state index contributed by atoms with van der Waals surface area (Å²) in [5, 5.41) is 65.1. The van der Waals surface area contributed by atoms with E-state index >= 15 is 0 Å². The summed E-state index contributed by atoms with van der Waals surface area (Å²) in [7, 11) is 5.77. The minimum atomic E-state index is -2.58. The Morgan fingerprint density at radius 1 is 0.806 bits per heavy atom. The summed E-state index contributed by atoms with van der Waals surface area (Å²) in [6.07, 6.45) is -5.73. The molecule has 0 aromatic heterocycles. The van der Waals surface area contributed by atoms with Gasteiger partial charge in [0.25, 0.3) is 0 Å². The number of benzene rings is 2. The van der Waals surface area contributed by atoms with Gasteiger partial charge in [-0.15, -0.1) is 6.58 Å². The molecule has 6 N–H and O–H groups in total. The molecule has 5 atom stereocenters. The van der Waals surface area contributed by atoms with Crippen molar-refractivity contribution in [3.05, 3.63) is 60.2 Å². The number of rotatable bonds is 14. The number of aliphatic hydroxyl groups excluding tert-OH is 4. The maximum Gasteiger partial charge on any atom is 0.126 e. The topological polar surface area (TPSA) is 158 Å². The van der Waals surface area contributed by atoms with Crippen molar-refractivity contribution >= 4 is 0 Å². The first-order valence-electron chi connectivity index (χ1n) is 11.2. The summed E-state index contributed by atoms with van der Waals surface area (Å²) in [5.41, 5.74) is -4.02. The fourth-order valence-electron chi connectivity index (χ4n) is 4.12. The van der Waals surface area contributed by atoms with E-state index in [-0.39, 0.29) is 12.2 Å². The summed E-state index contributed by atoms with van der Waals surface area (Å²) in [6, 6.07) is 9.51. The van der Waals surface area contributed by atoms with E-state index in [1.165, 1.54) is 28.4 Å². The lowest BCUT2D eigenvalue weighted by atomic mass is 9.73. The van der Waals surface area contributed by atoms with E-state index in [9.17, 15) is 30.6 Å². The maximum atomic E-state index is 11.7. The van der Waals surface area contributed by atoms with Gasteiger partial charge in [0.2, 0.25) is 0 Å². The summed E-state index contributed by atoms with van der Waals surface area (Å²) in [4.78, 5) is 0. The van der Waals surface area contributed by atoms with E-state index in [2.05, 4.69) is 6.58 Å². The normalized spacial score (nSPS) is 17.2. The average molecular weight is 509 g/mol. The molecule has 0 saturated carbocycles. The van der Waals surface area contributed by atoms with Gasteiger partial charge in [0.15, 0.2) is 0 Å². The number of methoxy groups -OCH3 is 4. The Hall–Kier alpha value is -2.86. The van der Waals surface area contributed by atoms with E-state index in [1.807, 2.05) is 0 Å². The highest BCUT2D eigenvalue weighted by atomic mass is 16.5. The molecule has 10 heteroatoms. The van der Waals surface area contributed by atoms with Crippen molar-refractivity contribution in [1.29, 1.82) is 0 Å². The lowest BCUT2D eigenvalue weighted by Crippen LogP contribution is -2.66. The molecule has 0 heterocycles. The standard InChI is InChI=1S/C26H36O10/c1-6-25(31,13-16-7-9-18(33-2)11-21(16)35-4)24(30)26(32,23(29)20(28)15-27)14-17-8-10-19(34-3)12-22(17)36-5/h6-12,20,23-24,27-32H,1,13-15H2,2-5H3/t20-,23+,24+,25?,26+/m0/s1. The highest BCUT2D eigenvalue weighted by Crippen LogP contribution is 2.37. The minimum Gasteiger partial charge on any atom is -0.497 e. The fraction of sp³-hybridized carbons (Fsp3) is 0.462. The molecule has 0 fully saturated rings. The Bertz CT molecular complexity index is 1010. The Balaban J connectivity index is 2.57. The largest absolute Gasteiger partial charge is 0.497 e. The third-order valence-corrected chi connectivity index (χ3v) is 6.30. The van der Waals surface area contributed by atoms with Crippen molar-refractivity contribution in [3.8, 4) is 23.0 Å². The predicted octanol–water partition coefficient (Wildman–Crippen LogP) is 0.229. The van der Waals surface area contributed by atoms with Crippen molar-refractivity contribution in [2.75, 3.05) is 35.0 Å². The van der Waals surface area contributed by atoms with E-state index in [1.54, 1.807) is 36.4 Å². The van der Waals surface area contributed by atoms with Gasteiger partial charge < -0.3 is 49.6 Å². The zero-order valence-corrected chi connectivity index (χ0v) is 20.9. The Morgan fingerprint density at radius 3 is 1.67 bits per heavy atom. The van der Waals surface area contributed by atoms with Crippen LogP contribution in [0.3, 0.4) is 0 Å². The number of aliphatic hydroxyl groups is 6. The average Bonchev–Trinajstić information content (AvgIpc) is 2.91. The molecule has 0 amide bonds. The second kappa shape index (κ2) is 12.4. The van der Waals surface area contributed by atoms with Crippen molar-refractivity contribution in [2.45, 2.75) is 42.4 Å². The smallest absolute Gasteiger partial charge is 0.126 e. The first kappa shape index (κ1) is 29.4. The predicted molar refractivity (Wildman–Crippen MR) is 132 cm³/mol.